The second kappa shape index (κ2) is 5.95. The van der Waals surface area contributed by atoms with E-state index in [1.165, 1.54) is 0 Å². The summed E-state index contributed by atoms with van der Waals surface area (Å²) in [6, 6.07) is 1.96. The molecule has 1 fully saturated rings. The highest BCUT2D eigenvalue weighted by Crippen LogP contribution is 2.27. The first-order valence-electron chi connectivity index (χ1n) is 7.62. The SMILES string of the molecule is Cc1cc(NC[C@@H]2C[C@H](C)CCN2)n2nc(C(F)(F)F)nc2n1. The van der Waals surface area contributed by atoms with Gasteiger partial charge in [0.2, 0.25) is 0 Å². The first-order valence-corrected chi connectivity index (χ1v) is 7.62. The van der Waals surface area contributed by atoms with Crippen LogP contribution < -0.4 is 10.6 Å². The standard InChI is InChI=1S/C14H19F3N6/c1-8-3-4-18-10(5-8)7-19-11-6-9(2)20-13-21-12(14(15,16)17)22-23(11)13/h6,8,10,18-19H,3-5,7H2,1-2H3/t8-,10+/m1/s1. The summed E-state index contributed by atoms with van der Waals surface area (Å²) in [5, 5.41) is 10.1. The van der Waals surface area contributed by atoms with Crippen molar-refractivity contribution in [2.45, 2.75) is 38.9 Å². The van der Waals surface area contributed by atoms with Crippen molar-refractivity contribution in [3.8, 4) is 0 Å². The molecule has 2 N–H and O–H groups in total. The van der Waals surface area contributed by atoms with Crippen molar-refractivity contribution in [3.63, 3.8) is 0 Å². The molecule has 0 radical (unpaired) electrons. The van der Waals surface area contributed by atoms with Crippen LogP contribution in [0, 0.1) is 12.8 Å². The summed E-state index contributed by atoms with van der Waals surface area (Å²) in [5.74, 6) is -0.117. The molecule has 1 saturated heterocycles. The van der Waals surface area contributed by atoms with Crippen molar-refractivity contribution in [2.24, 2.45) is 5.92 Å². The van der Waals surface area contributed by atoms with Gasteiger partial charge in [-0.25, -0.2) is 4.98 Å². The molecule has 0 aromatic carbocycles. The fourth-order valence-electron chi connectivity index (χ4n) is 2.84. The first kappa shape index (κ1) is 16.0. The number of halogens is 3. The summed E-state index contributed by atoms with van der Waals surface area (Å²) in [4.78, 5) is 7.48. The minimum Gasteiger partial charge on any atom is -0.368 e. The molecule has 3 rings (SSSR count). The van der Waals surface area contributed by atoms with Gasteiger partial charge in [-0.3, -0.25) is 0 Å². The van der Waals surface area contributed by atoms with Crippen LogP contribution in [0.15, 0.2) is 6.07 Å². The number of aromatic nitrogens is 4. The van der Waals surface area contributed by atoms with E-state index in [9.17, 15) is 13.2 Å². The zero-order chi connectivity index (χ0) is 16.6. The third kappa shape index (κ3) is 3.54. The van der Waals surface area contributed by atoms with E-state index < -0.39 is 12.0 Å². The maximum atomic E-state index is 12.8. The van der Waals surface area contributed by atoms with E-state index in [0.29, 0.717) is 24.0 Å². The fraction of sp³-hybridized carbons (Fsp3) is 0.643. The molecule has 0 unspecified atom stereocenters. The lowest BCUT2D eigenvalue weighted by Gasteiger charge is -2.28. The van der Waals surface area contributed by atoms with Crippen LogP contribution in [0.5, 0.6) is 0 Å². The summed E-state index contributed by atoms with van der Waals surface area (Å²) in [5.41, 5.74) is 0.589. The molecule has 2 aromatic rings. The molecule has 2 atom stereocenters. The van der Waals surface area contributed by atoms with Crippen molar-refractivity contribution in [2.75, 3.05) is 18.4 Å². The Bertz CT molecular complexity index is 696. The second-order valence-corrected chi connectivity index (χ2v) is 6.09. The zero-order valence-electron chi connectivity index (χ0n) is 13.0. The number of hydrogen-bond acceptors (Lipinski definition) is 5. The van der Waals surface area contributed by atoms with Crippen molar-refractivity contribution in [1.82, 2.24) is 24.9 Å². The predicted molar refractivity (Wildman–Crippen MR) is 79.2 cm³/mol. The van der Waals surface area contributed by atoms with E-state index in [0.717, 1.165) is 23.9 Å². The molecule has 0 amide bonds. The topological polar surface area (TPSA) is 67.1 Å². The fourth-order valence-corrected chi connectivity index (χ4v) is 2.84. The molecule has 1 aliphatic heterocycles. The van der Waals surface area contributed by atoms with Gasteiger partial charge in [0.05, 0.1) is 0 Å². The van der Waals surface area contributed by atoms with Crippen molar-refractivity contribution in [1.29, 1.82) is 0 Å². The Morgan fingerprint density at radius 2 is 2.17 bits per heavy atom. The lowest BCUT2D eigenvalue weighted by Crippen LogP contribution is -2.42. The van der Waals surface area contributed by atoms with Crippen molar-refractivity contribution in [3.05, 3.63) is 17.6 Å². The Kier molecular flexibility index (Phi) is 4.13. The summed E-state index contributed by atoms with van der Waals surface area (Å²) in [7, 11) is 0. The molecular weight excluding hydrogens is 309 g/mol. The van der Waals surface area contributed by atoms with E-state index in [4.69, 9.17) is 0 Å². The van der Waals surface area contributed by atoms with Crippen LogP contribution >= 0.6 is 0 Å². The highest BCUT2D eigenvalue weighted by Gasteiger charge is 2.36. The monoisotopic (exact) mass is 328 g/mol. The molecular formula is C14H19F3N6. The van der Waals surface area contributed by atoms with Gasteiger partial charge in [-0.2, -0.15) is 22.7 Å². The summed E-state index contributed by atoms with van der Waals surface area (Å²) in [6.07, 6.45) is -2.41. The predicted octanol–water partition coefficient (Wildman–Crippen LogP) is 2.25. The molecule has 126 valence electrons. The van der Waals surface area contributed by atoms with Gasteiger partial charge in [0.25, 0.3) is 11.6 Å². The third-order valence-corrected chi connectivity index (χ3v) is 3.98. The molecule has 0 aliphatic carbocycles. The number of hydrogen-bond donors (Lipinski definition) is 2. The minimum absolute atomic E-state index is 0.0511. The molecule has 2 aromatic heterocycles. The molecule has 23 heavy (non-hydrogen) atoms. The molecule has 0 spiro atoms. The highest BCUT2D eigenvalue weighted by molar-refractivity contribution is 5.45. The van der Waals surface area contributed by atoms with Crippen LogP contribution in [0.1, 0.15) is 31.3 Å². The van der Waals surface area contributed by atoms with E-state index >= 15 is 0 Å². The number of piperidine rings is 1. The maximum absolute atomic E-state index is 12.8. The maximum Gasteiger partial charge on any atom is 0.453 e. The number of alkyl halides is 3. The van der Waals surface area contributed by atoms with E-state index in [2.05, 4.69) is 32.6 Å². The Hall–Kier alpha value is -1.90. The quantitative estimate of drug-likeness (QED) is 0.905. The van der Waals surface area contributed by atoms with Gasteiger partial charge in [0.15, 0.2) is 0 Å². The number of nitrogens with one attached hydrogen (secondary N) is 2. The zero-order valence-corrected chi connectivity index (χ0v) is 13.0. The van der Waals surface area contributed by atoms with Crippen molar-refractivity contribution < 1.29 is 13.2 Å². The van der Waals surface area contributed by atoms with E-state index in [1.807, 2.05) is 0 Å². The van der Waals surface area contributed by atoms with Crippen LogP contribution in [-0.4, -0.2) is 38.7 Å². The van der Waals surface area contributed by atoms with Gasteiger partial charge < -0.3 is 10.6 Å². The summed E-state index contributed by atoms with van der Waals surface area (Å²) >= 11 is 0. The molecule has 0 bridgehead atoms. The van der Waals surface area contributed by atoms with E-state index in [-0.39, 0.29) is 11.8 Å². The van der Waals surface area contributed by atoms with Gasteiger partial charge in [-0.15, -0.1) is 5.10 Å². The lowest BCUT2D eigenvalue weighted by molar-refractivity contribution is -0.144. The smallest absolute Gasteiger partial charge is 0.368 e. The number of anilines is 1. The van der Waals surface area contributed by atoms with Crippen LogP contribution in [0.3, 0.4) is 0 Å². The minimum atomic E-state index is -4.58. The summed E-state index contributed by atoms with van der Waals surface area (Å²) in [6.45, 7) is 5.49. The third-order valence-electron chi connectivity index (χ3n) is 3.98. The lowest BCUT2D eigenvalue weighted by atomic mass is 9.94. The number of fused-ring (bicyclic) bond motifs is 1. The average Bonchev–Trinajstić information content (AvgIpc) is 2.88. The van der Waals surface area contributed by atoms with E-state index in [1.54, 1.807) is 13.0 Å². The molecule has 0 saturated carbocycles. The normalized spacial score (nSPS) is 22.5. The average molecular weight is 328 g/mol. The molecule has 1 aliphatic rings. The Morgan fingerprint density at radius 1 is 1.39 bits per heavy atom. The van der Waals surface area contributed by atoms with Gasteiger partial charge in [-0.05, 0) is 32.2 Å². The number of nitrogens with zero attached hydrogens (tertiary/aromatic N) is 4. The second-order valence-electron chi connectivity index (χ2n) is 6.09. The van der Waals surface area contributed by atoms with Crippen LogP contribution in [0.4, 0.5) is 19.0 Å². The molecule has 9 heteroatoms. The number of aryl methyl sites for hydroxylation is 1. The van der Waals surface area contributed by atoms with Crippen LogP contribution in [-0.2, 0) is 6.18 Å². The van der Waals surface area contributed by atoms with Crippen LogP contribution in [0.2, 0.25) is 0 Å². The van der Waals surface area contributed by atoms with Gasteiger partial charge in [-0.1, -0.05) is 6.92 Å². The number of rotatable bonds is 3. The summed E-state index contributed by atoms with van der Waals surface area (Å²) < 4.78 is 39.5. The first-order chi connectivity index (χ1) is 10.8. The highest BCUT2D eigenvalue weighted by atomic mass is 19.4. The Balaban J connectivity index is 1.83. The Morgan fingerprint density at radius 3 is 2.87 bits per heavy atom. The molecule has 3 heterocycles. The Labute approximate surface area is 131 Å². The molecule has 6 nitrogen and oxygen atoms in total. The van der Waals surface area contributed by atoms with Crippen molar-refractivity contribution >= 4 is 11.6 Å². The largest absolute Gasteiger partial charge is 0.453 e. The van der Waals surface area contributed by atoms with Crippen LogP contribution in [0.25, 0.3) is 5.78 Å². The van der Waals surface area contributed by atoms with Gasteiger partial charge in [0.1, 0.15) is 5.82 Å². The van der Waals surface area contributed by atoms with Gasteiger partial charge in [0, 0.05) is 24.3 Å². The van der Waals surface area contributed by atoms with Gasteiger partial charge >= 0.3 is 6.18 Å².